The number of rotatable bonds is 7. The van der Waals surface area contributed by atoms with Crippen LogP contribution in [0.2, 0.25) is 5.02 Å². The van der Waals surface area contributed by atoms with E-state index >= 15 is 0 Å². The van der Waals surface area contributed by atoms with Crippen molar-refractivity contribution in [3.63, 3.8) is 0 Å². The lowest BCUT2D eigenvalue weighted by Crippen LogP contribution is -2.41. The number of carbonyl (C=O) groups is 1. The van der Waals surface area contributed by atoms with Crippen LogP contribution in [0.5, 0.6) is 11.5 Å². The summed E-state index contributed by atoms with van der Waals surface area (Å²) in [6.45, 7) is 3.30. The summed E-state index contributed by atoms with van der Waals surface area (Å²) in [5.41, 5.74) is 1.24. The lowest BCUT2D eigenvalue weighted by molar-refractivity contribution is -0.117. The molecule has 0 bridgehead atoms. The fourth-order valence-electron chi connectivity index (χ4n) is 2.27. The van der Waals surface area contributed by atoms with Gasteiger partial charge in [0.15, 0.2) is 0 Å². The van der Waals surface area contributed by atoms with Crippen molar-refractivity contribution in [1.82, 2.24) is 4.72 Å². The number of carbonyl (C=O) groups excluding carboxylic acids is 1. The first-order valence-corrected chi connectivity index (χ1v) is 9.85. The van der Waals surface area contributed by atoms with E-state index < -0.39 is 22.0 Å². The zero-order chi connectivity index (χ0) is 20.2. The molecule has 7 nitrogen and oxygen atoms in total. The lowest BCUT2D eigenvalue weighted by atomic mass is 10.2. The number of nitrogens with one attached hydrogen (secondary N) is 2. The average molecular weight is 413 g/mol. The van der Waals surface area contributed by atoms with Crippen LogP contribution in [0.4, 0.5) is 5.69 Å². The SMILES string of the molecule is COc1cc(NC(=O)[C@H](C)NS(=O)(=O)c2ccc(C)cc2)c(OC)cc1Cl. The normalized spacial score (nSPS) is 12.3. The maximum absolute atomic E-state index is 12.5. The van der Waals surface area contributed by atoms with E-state index in [1.54, 1.807) is 12.1 Å². The van der Waals surface area contributed by atoms with Crippen LogP contribution in [0, 0.1) is 6.92 Å². The number of anilines is 1. The molecule has 0 spiro atoms. The summed E-state index contributed by atoms with van der Waals surface area (Å²) in [7, 11) is -0.967. The maximum Gasteiger partial charge on any atom is 0.242 e. The third kappa shape index (κ3) is 5.12. The van der Waals surface area contributed by atoms with E-state index in [-0.39, 0.29) is 4.90 Å². The second-order valence-electron chi connectivity index (χ2n) is 5.83. The van der Waals surface area contributed by atoms with E-state index in [1.807, 2.05) is 6.92 Å². The van der Waals surface area contributed by atoms with E-state index in [1.165, 1.54) is 45.4 Å². The first kappa shape index (κ1) is 21.0. The molecule has 0 aliphatic rings. The van der Waals surface area contributed by atoms with Gasteiger partial charge in [-0.2, -0.15) is 4.72 Å². The Morgan fingerprint density at radius 1 is 1.07 bits per heavy atom. The van der Waals surface area contributed by atoms with Gasteiger partial charge in [-0.05, 0) is 26.0 Å². The smallest absolute Gasteiger partial charge is 0.242 e. The standard InChI is InChI=1S/C18H21ClN2O5S/c1-11-5-7-13(8-6-11)27(23,24)21-12(2)18(22)20-15-10-16(25-3)14(19)9-17(15)26-4/h5-10,12,21H,1-4H3,(H,20,22)/t12-/m0/s1. The molecule has 2 N–H and O–H groups in total. The number of ether oxygens (including phenoxy) is 2. The summed E-state index contributed by atoms with van der Waals surface area (Å²) in [4.78, 5) is 12.5. The van der Waals surface area contributed by atoms with Gasteiger partial charge in [-0.25, -0.2) is 8.42 Å². The number of benzene rings is 2. The highest BCUT2D eigenvalue weighted by Crippen LogP contribution is 2.35. The third-order valence-electron chi connectivity index (χ3n) is 3.79. The Balaban J connectivity index is 2.17. The zero-order valence-electron chi connectivity index (χ0n) is 15.4. The Hall–Kier alpha value is -2.29. The van der Waals surface area contributed by atoms with Crippen LogP contribution in [0.15, 0.2) is 41.3 Å². The molecule has 1 atom stereocenters. The molecule has 2 aromatic rings. The second kappa shape index (κ2) is 8.60. The van der Waals surface area contributed by atoms with Gasteiger partial charge in [0, 0.05) is 12.1 Å². The highest BCUT2D eigenvalue weighted by Gasteiger charge is 2.23. The predicted octanol–water partition coefficient (Wildman–Crippen LogP) is 2.97. The minimum atomic E-state index is -3.84. The molecule has 1 amide bonds. The third-order valence-corrected chi connectivity index (χ3v) is 5.64. The van der Waals surface area contributed by atoms with Crippen molar-refractivity contribution in [3.05, 3.63) is 47.0 Å². The van der Waals surface area contributed by atoms with E-state index in [9.17, 15) is 13.2 Å². The first-order valence-electron chi connectivity index (χ1n) is 7.99. The molecule has 0 radical (unpaired) electrons. The summed E-state index contributed by atoms with van der Waals surface area (Å²) in [5.74, 6) is 0.108. The van der Waals surface area contributed by atoms with Gasteiger partial charge in [-0.15, -0.1) is 0 Å². The Kier molecular flexibility index (Phi) is 6.69. The van der Waals surface area contributed by atoms with Crippen LogP contribution in [-0.2, 0) is 14.8 Å². The van der Waals surface area contributed by atoms with Crippen LogP contribution in [0.3, 0.4) is 0 Å². The highest BCUT2D eigenvalue weighted by molar-refractivity contribution is 7.89. The van der Waals surface area contributed by atoms with Crippen LogP contribution in [0.1, 0.15) is 12.5 Å². The van der Waals surface area contributed by atoms with Gasteiger partial charge in [-0.3, -0.25) is 4.79 Å². The molecule has 0 heterocycles. The molecular formula is C18H21ClN2O5S. The summed E-state index contributed by atoms with van der Waals surface area (Å²) in [6, 6.07) is 8.30. The fraction of sp³-hybridized carbons (Fsp3) is 0.278. The van der Waals surface area contributed by atoms with Crippen LogP contribution < -0.4 is 19.5 Å². The van der Waals surface area contributed by atoms with E-state index in [0.29, 0.717) is 22.2 Å². The van der Waals surface area contributed by atoms with Crippen LogP contribution in [0.25, 0.3) is 0 Å². The molecule has 0 aromatic heterocycles. The van der Waals surface area contributed by atoms with Gasteiger partial charge >= 0.3 is 0 Å². The number of aryl methyl sites for hydroxylation is 1. The zero-order valence-corrected chi connectivity index (χ0v) is 16.9. The number of hydrogen-bond acceptors (Lipinski definition) is 5. The quantitative estimate of drug-likeness (QED) is 0.729. The van der Waals surface area contributed by atoms with Gasteiger partial charge in [0.1, 0.15) is 11.5 Å². The van der Waals surface area contributed by atoms with Crippen LogP contribution >= 0.6 is 11.6 Å². The van der Waals surface area contributed by atoms with Gasteiger partial charge < -0.3 is 14.8 Å². The van der Waals surface area contributed by atoms with Crippen LogP contribution in [-0.4, -0.2) is 34.6 Å². The summed E-state index contributed by atoms with van der Waals surface area (Å²) < 4.78 is 37.5. The molecule has 0 saturated carbocycles. The second-order valence-corrected chi connectivity index (χ2v) is 7.95. The van der Waals surface area contributed by atoms with E-state index in [2.05, 4.69) is 10.0 Å². The van der Waals surface area contributed by atoms with Gasteiger partial charge in [0.05, 0.1) is 35.9 Å². The Morgan fingerprint density at radius 3 is 2.22 bits per heavy atom. The number of amides is 1. The van der Waals surface area contributed by atoms with E-state index in [0.717, 1.165) is 5.56 Å². The molecule has 0 saturated heterocycles. The summed E-state index contributed by atoms with van der Waals surface area (Å²) in [5, 5.41) is 2.94. The summed E-state index contributed by atoms with van der Waals surface area (Å²) >= 11 is 6.04. The van der Waals surface area contributed by atoms with Gasteiger partial charge in [0.2, 0.25) is 15.9 Å². The Morgan fingerprint density at radius 2 is 1.67 bits per heavy atom. The lowest BCUT2D eigenvalue weighted by Gasteiger charge is -2.17. The molecule has 9 heteroatoms. The van der Waals surface area contributed by atoms with Crippen molar-refractivity contribution in [1.29, 1.82) is 0 Å². The fourth-order valence-corrected chi connectivity index (χ4v) is 3.70. The maximum atomic E-state index is 12.5. The molecule has 0 fully saturated rings. The average Bonchev–Trinajstić information content (AvgIpc) is 2.62. The topological polar surface area (TPSA) is 93.7 Å². The Bertz CT molecular complexity index is 930. The largest absolute Gasteiger partial charge is 0.495 e. The minimum absolute atomic E-state index is 0.0819. The number of sulfonamides is 1. The molecule has 2 aromatic carbocycles. The van der Waals surface area contributed by atoms with E-state index in [4.69, 9.17) is 21.1 Å². The number of hydrogen-bond donors (Lipinski definition) is 2. The van der Waals surface area contributed by atoms with Crippen molar-refractivity contribution in [2.24, 2.45) is 0 Å². The molecular weight excluding hydrogens is 392 g/mol. The number of methoxy groups -OCH3 is 2. The van der Waals surface area contributed by atoms with Gasteiger partial charge in [0.25, 0.3) is 0 Å². The molecule has 27 heavy (non-hydrogen) atoms. The van der Waals surface area contributed by atoms with Crippen molar-refractivity contribution < 1.29 is 22.7 Å². The molecule has 146 valence electrons. The van der Waals surface area contributed by atoms with Crippen molar-refractivity contribution in [3.8, 4) is 11.5 Å². The molecule has 0 aliphatic carbocycles. The highest BCUT2D eigenvalue weighted by atomic mass is 35.5. The van der Waals surface area contributed by atoms with Gasteiger partial charge in [-0.1, -0.05) is 29.3 Å². The summed E-state index contributed by atoms with van der Waals surface area (Å²) in [6.07, 6.45) is 0. The monoisotopic (exact) mass is 412 g/mol. The first-order chi connectivity index (χ1) is 12.7. The molecule has 2 rings (SSSR count). The molecule has 0 unspecified atom stereocenters. The van der Waals surface area contributed by atoms with Crippen molar-refractivity contribution in [2.75, 3.05) is 19.5 Å². The Labute approximate surface area is 163 Å². The molecule has 0 aliphatic heterocycles. The number of halogens is 1. The minimum Gasteiger partial charge on any atom is -0.495 e. The van der Waals surface area contributed by atoms with Crippen molar-refractivity contribution in [2.45, 2.75) is 24.8 Å². The van der Waals surface area contributed by atoms with Crippen molar-refractivity contribution >= 4 is 33.2 Å². The predicted molar refractivity (Wildman–Crippen MR) is 104 cm³/mol.